The van der Waals surface area contributed by atoms with Gasteiger partial charge in [-0.2, -0.15) is 0 Å². The highest BCUT2D eigenvalue weighted by molar-refractivity contribution is 5.72. The van der Waals surface area contributed by atoms with Crippen molar-refractivity contribution in [1.82, 2.24) is 4.90 Å². The number of nitrogens with two attached hydrogens (primary N) is 2. The van der Waals surface area contributed by atoms with Crippen molar-refractivity contribution in [2.45, 2.75) is 25.7 Å². The van der Waals surface area contributed by atoms with Crippen molar-refractivity contribution < 1.29 is 4.79 Å². The van der Waals surface area contributed by atoms with Gasteiger partial charge in [0.2, 0.25) is 0 Å². The summed E-state index contributed by atoms with van der Waals surface area (Å²) in [5, 5.41) is 0. The van der Waals surface area contributed by atoms with Crippen LogP contribution in [0, 0.1) is 5.92 Å². The van der Waals surface area contributed by atoms with Crippen LogP contribution in [-0.2, 0) is 6.42 Å². The van der Waals surface area contributed by atoms with Crippen LogP contribution >= 0.6 is 0 Å². The Morgan fingerprint density at radius 3 is 2.39 bits per heavy atom. The van der Waals surface area contributed by atoms with E-state index in [9.17, 15) is 4.79 Å². The molecule has 4 nitrogen and oxygen atoms in total. The smallest absolute Gasteiger partial charge is 0.314 e. The predicted molar refractivity (Wildman–Crippen MR) is 73.1 cm³/mol. The number of rotatable bonds is 3. The summed E-state index contributed by atoms with van der Waals surface area (Å²) in [5.74, 6) is 0.707. The van der Waals surface area contributed by atoms with Gasteiger partial charge in [-0.1, -0.05) is 12.1 Å². The Morgan fingerprint density at radius 2 is 1.83 bits per heavy atom. The first-order valence-corrected chi connectivity index (χ1v) is 6.54. The van der Waals surface area contributed by atoms with E-state index in [2.05, 4.69) is 12.1 Å². The largest absolute Gasteiger partial charge is 0.399 e. The summed E-state index contributed by atoms with van der Waals surface area (Å²) in [6.07, 6.45) is 4.40. The third-order valence-electron chi connectivity index (χ3n) is 3.75. The number of nitrogens with zero attached hydrogens (tertiary/aromatic N) is 1. The van der Waals surface area contributed by atoms with Gasteiger partial charge in [0.15, 0.2) is 0 Å². The van der Waals surface area contributed by atoms with E-state index in [0.717, 1.165) is 38.0 Å². The molecule has 1 fully saturated rings. The number of carbonyl (C=O) groups is 1. The van der Waals surface area contributed by atoms with E-state index in [0.29, 0.717) is 5.92 Å². The SMILES string of the molecule is NC(=O)N1CCC(CCc2ccc(N)cc2)CC1. The molecule has 1 aromatic carbocycles. The fourth-order valence-corrected chi connectivity index (χ4v) is 2.50. The lowest BCUT2D eigenvalue weighted by molar-refractivity contribution is 0.176. The summed E-state index contributed by atoms with van der Waals surface area (Å²) in [6, 6.07) is 7.80. The number of anilines is 1. The zero-order chi connectivity index (χ0) is 13.0. The van der Waals surface area contributed by atoms with Gasteiger partial charge in [0, 0.05) is 18.8 Å². The Balaban J connectivity index is 1.75. The maximum Gasteiger partial charge on any atom is 0.314 e. The molecule has 1 saturated heterocycles. The molecule has 2 rings (SSSR count). The molecule has 0 saturated carbocycles. The molecular weight excluding hydrogens is 226 g/mol. The Hall–Kier alpha value is -1.71. The molecule has 18 heavy (non-hydrogen) atoms. The zero-order valence-electron chi connectivity index (χ0n) is 10.6. The van der Waals surface area contributed by atoms with E-state index in [4.69, 9.17) is 11.5 Å². The molecule has 1 aliphatic heterocycles. The molecule has 1 heterocycles. The lowest BCUT2D eigenvalue weighted by Crippen LogP contribution is -2.41. The average molecular weight is 247 g/mol. The Labute approximate surface area is 108 Å². The van der Waals surface area contributed by atoms with Crippen molar-refractivity contribution in [3.63, 3.8) is 0 Å². The minimum Gasteiger partial charge on any atom is -0.399 e. The molecule has 0 bridgehead atoms. The fourth-order valence-electron chi connectivity index (χ4n) is 2.50. The van der Waals surface area contributed by atoms with Crippen LogP contribution in [0.4, 0.5) is 10.5 Å². The van der Waals surface area contributed by atoms with Gasteiger partial charge in [0.25, 0.3) is 0 Å². The fraction of sp³-hybridized carbons (Fsp3) is 0.500. The number of amides is 2. The number of likely N-dealkylation sites (tertiary alicyclic amines) is 1. The average Bonchev–Trinajstić information content (AvgIpc) is 2.38. The first kappa shape index (κ1) is 12.7. The molecule has 0 atom stereocenters. The number of benzene rings is 1. The molecule has 4 heteroatoms. The van der Waals surface area contributed by atoms with Gasteiger partial charge in [-0.3, -0.25) is 0 Å². The van der Waals surface area contributed by atoms with Gasteiger partial charge in [-0.05, 0) is 49.3 Å². The number of primary amides is 1. The van der Waals surface area contributed by atoms with Crippen LogP contribution in [-0.4, -0.2) is 24.0 Å². The molecule has 0 radical (unpaired) electrons. The second-order valence-corrected chi connectivity index (χ2v) is 5.05. The first-order valence-electron chi connectivity index (χ1n) is 6.54. The van der Waals surface area contributed by atoms with Crippen molar-refractivity contribution in [1.29, 1.82) is 0 Å². The van der Waals surface area contributed by atoms with Gasteiger partial charge in [-0.15, -0.1) is 0 Å². The van der Waals surface area contributed by atoms with E-state index in [-0.39, 0.29) is 6.03 Å². The highest BCUT2D eigenvalue weighted by atomic mass is 16.2. The van der Waals surface area contributed by atoms with Crippen LogP contribution in [0.1, 0.15) is 24.8 Å². The van der Waals surface area contributed by atoms with E-state index >= 15 is 0 Å². The molecule has 4 N–H and O–H groups in total. The van der Waals surface area contributed by atoms with Gasteiger partial charge in [-0.25, -0.2) is 4.79 Å². The van der Waals surface area contributed by atoms with Crippen molar-refractivity contribution in [3.8, 4) is 0 Å². The van der Waals surface area contributed by atoms with E-state index in [1.165, 1.54) is 12.0 Å². The van der Waals surface area contributed by atoms with E-state index < -0.39 is 0 Å². The van der Waals surface area contributed by atoms with Crippen LogP contribution < -0.4 is 11.5 Å². The number of carbonyl (C=O) groups excluding carboxylic acids is 1. The Bertz CT molecular complexity index is 394. The van der Waals surface area contributed by atoms with Gasteiger partial charge >= 0.3 is 6.03 Å². The van der Waals surface area contributed by atoms with Crippen LogP contribution in [0.15, 0.2) is 24.3 Å². The number of piperidine rings is 1. The number of nitrogen functional groups attached to an aromatic ring is 1. The summed E-state index contributed by atoms with van der Waals surface area (Å²) in [6.45, 7) is 1.61. The normalized spacial score (nSPS) is 16.8. The van der Waals surface area contributed by atoms with Crippen LogP contribution in [0.25, 0.3) is 0 Å². The molecule has 98 valence electrons. The maximum absolute atomic E-state index is 11.0. The number of urea groups is 1. The second kappa shape index (κ2) is 5.76. The molecule has 0 aliphatic carbocycles. The summed E-state index contributed by atoms with van der Waals surface area (Å²) >= 11 is 0. The molecule has 2 amide bonds. The van der Waals surface area contributed by atoms with Crippen LogP contribution in [0.3, 0.4) is 0 Å². The zero-order valence-corrected chi connectivity index (χ0v) is 10.6. The lowest BCUT2D eigenvalue weighted by Gasteiger charge is -2.30. The minimum atomic E-state index is -0.285. The van der Waals surface area contributed by atoms with E-state index in [1.807, 2.05) is 12.1 Å². The van der Waals surface area contributed by atoms with Crippen molar-refractivity contribution in [2.75, 3.05) is 18.8 Å². The summed E-state index contributed by atoms with van der Waals surface area (Å²) in [7, 11) is 0. The van der Waals surface area contributed by atoms with Crippen LogP contribution in [0.2, 0.25) is 0 Å². The Kier molecular flexibility index (Phi) is 4.07. The molecule has 1 aliphatic rings. The summed E-state index contributed by atoms with van der Waals surface area (Å²) in [5.41, 5.74) is 13.1. The summed E-state index contributed by atoms with van der Waals surface area (Å²) in [4.78, 5) is 12.7. The quantitative estimate of drug-likeness (QED) is 0.802. The third kappa shape index (κ3) is 3.39. The third-order valence-corrected chi connectivity index (χ3v) is 3.75. The lowest BCUT2D eigenvalue weighted by atomic mass is 9.90. The molecule has 1 aromatic rings. The molecule has 0 unspecified atom stereocenters. The van der Waals surface area contributed by atoms with Crippen molar-refractivity contribution in [3.05, 3.63) is 29.8 Å². The molecule has 0 aromatic heterocycles. The van der Waals surface area contributed by atoms with Crippen molar-refractivity contribution >= 4 is 11.7 Å². The standard InChI is InChI=1S/C14H21N3O/c15-13-5-3-11(4-6-13)1-2-12-7-9-17(10-8-12)14(16)18/h3-6,12H,1-2,7-10,15H2,(H2,16,18). The maximum atomic E-state index is 11.0. The van der Waals surface area contributed by atoms with Crippen molar-refractivity contribution in [2.24, 2.45) is 11.7 Å². The van der Waals surface area contributed by atoms with Gasteiger partial charge < -0.3 is 16.4 Å². The molecule has 0 spiro atoms. The topological polar surface area (TPSA) is 72.4 Å². The van der Waals surface area contributed by atoms with Crippen LogP contribution in [0.5, 0.6) is 0 Å². The first-order chi connectivity index (χ1) is 8.65. The predicted octanol–water partition coefficient (Wildman–Crippen LogP) is 1.99. The monoisotopic (exact) mass is 247 g/mol. The number of aryl methyl sites for hydroxylation is 1. The highest BCUT2D eigenvalue weighted by Crippen LogP contribution is 2.22. The second-order valence-electron chi connectivity index (χ2n) is 5.05. The van der Waals surface area contributed by atoms with Gasteiger partial charge in [0.05, 0.1) is 0 Å². The van der Waals surface area contributed by atoms with Gasteiger partial charge in [0.1, 0.15) is 0 Å². The van der Waals surface area contributed by atoms with E-state index in [1.54, 1.807) is 4.90 Å². The molecular formula is C14H21N3O. The number of hydrogen-bond donors (Lipinski definition) is 2. The Morgan fingerprint density at radius 1 is 1.22 bits per heavy atom. The highest BCUT2D eigenvalue weighted by Gasteiger charge is 2.20. The summed E-state index contributed by atoms with van der Waals surface area (Å²) < 4.78 is 0. The number of hydrogen-bond acceptors (Lipinski definition) is 2. The minimum absolute atomic E-state index is 0.285.